The second-order valence-corrected chi connectivity index (χ2v) is 7.36. The number of nitrogen functional groups attached to an aromatic ring is 1. The van der Waals surface area contributed by atoms with E-state index in [0.717, 1.165) is 25.1 Å². The third kappa shape index (κ3) is 2.55. The Labute approximate surface area is 114 Å². The van der Waals surface area contributed by atoms with Gasteiger partial charge in [0.25, 0.3) is 0 Å². The Kier molecular flexibility index (Phi) is 3.49. The Morgan fingerprint density at radius 3 is 2.58 bits per heavy atom. The van der Waals surface area contributed by atoms with Gasteiger partial charge in [0, 0.05) is 17.8 Å². The highest BCUT2D eigenvalue weighted by Crippen LogP contribution is 2.37. The number of nitrogens with zero attached hydrogens (tertiary/aromatic N) is 1. The van der Waals surface area contributed by atoms with E-state index in [2.05, 4.69) is 23.5 Å². The smallest absolute Gasteiger partial charge is 0.242 e. The van der Waals surface area contributed by atoms with Gasteiger partial charge in [-0.05, 0) is 51.9 Å². The van der Waals surface area contributed by atoms with Crippen molar-refractivity contribution in [2.75, 3.05) is 24.2 Å². The molecular formula is C13H21N3O2S. The monoisotopic (exact) mass is 283 g/mol. The summed E-state index contributed by atoms with van der Waals surface area (Å²) in [6.07, 6.45) is 2.12. The SMILES string of the molecule is CNS(=O)(=O)c1cc(N)ccc1N1CCCC1(C)C. The second kappa shape index (κ2) is 4.68. The summed E-state index contributed by atoms with van der Waals surface area (Å²) in [6.45, 7) is 5.13. The van der Waals surface area contributed by atoms with Crippen molar-refractivity contribution in [1.82, 2.24) is 4.72 Å². The number of sulfonamides is 1. The van der Waals surface area contributed by atoms with Crippen LogP contribution in [-0.4, -0.2) is 27.5 Å². The van der Waals surface area contributed by atoms with Crippen molar-refractivity contribution < 1.29 is 8.42 Å². The molecule has 0 aromatic heterocycles. The topological polar surface area (TPSA) is 75.4 Å². The van der Waals surface area contributed by atoms with Crippen LogP contribution in [0.15, 0.2) is 23.1 Å². The molecule has 0 atom stereocenters. The molecule has 0 radical (unpaired) electrons. The zero-order valence-corrected chi connectivity index (χ0v) is 12.4. The summed E-state index contributed by atoms with van der Waals surface area (Å²) >= 11 is 0. The quantitative estimate of drug-likeness (QED) is 0.825. The van der Waals surface area contributed by atoms with Gasteiger partial charge in [0.2, 0.25) is 10.0 Å². The summed E-state index contributed by atoms with van der Waals surface area (Å²) in [7, 11) is -2.10. The average Bonchev–Trinajstić information content (AvgIpc) is 2.69. The van der Waals surface area contributed by atoms with E-state index in [1.54, 1.807) is 12.1 Å². The first-order chi connectivity index (χ1) is 8.78. The number of benzene rings is 1. The van der Waals surface area contributed by atoms with Crippen molar-refractivity contribution in [3.05, 3.63) is 18.2 Å². The van der Waals surface area contributed by atoms with E-state index in [0.29, 0.717) is 5.69 Å². The second-order valence-electron chi connectivity index (χ2n) is 5.50. The molecule has 0 aliphatic carbocycles. The van der Waals surface area contributed by atoms with Crippen LogP contribution in [0.3, 0.4) is 0 Å². The number of hydrogen-bond donors (Lipinski definition) is 2. The van der Waals surface area contributed by atoms with Crippen LogP contribution in [0.2, 0.25) is 0 Å². The molecule has 0 unspecified atom stereocenters. The fourth-order valence-electron chi connectivity index (χ4n) is 2.63. The predicted octanol–water partition coefficient (Wildman–Crippen LogP) is 1.56. The molecule has 2 rings (SSSR count). The highest BCUT2D eigenvalue weighted by atomic mass is 32.2. The lowest BCUT2D eigenvalue weighted by molar-refractivity contribution is 0.514. The molecule has 5 nitrogen and oxygen atoms in total. The third-order valence-electron chi connectivity index (χ3n) is 3.73. The first-order valence-electron chi connectivity index (χ1n) is 6.39. The summed E-state index contributed by atoms with van der Waals surface area (Å²) in [5.41, 5.74) is 6.88. The Morgan fingerprint density at radius 2 is 2.05 bits per heavy atom. The van der Waals surface area contributed by atoms with Crippen molar-refractivity contribution in [2.45, 2.75) is 37.1 Å². The molecule has 106 valence electrons. The predicted molar refractivity (Wildman–Crippen MR) is 77.8 cm³/mol. The molecule has 1 aliphatic heterocycles. The van der Waals surface area contributed by atoms with Gasteiger partial charge in [0.05, 0.1) is 5.69 Å². The molecule has 1 aromatic carbocycles. The summed E-state index contributed by atoms with van der Waals surface area (Å²) in [5.74, 6) is 0. The highest BCUT2D eigenvalue weighted by Gasteiger charge is 2.34. The first-order valence-corrected chi connectivity index (χ1v) is 7.87. The Morgan fingerprint density at radius 1 is 1.37 bits per heavy atom. The molecule has 0 spiro atoms. The maximum Gasteiger partial charge on any atom is 0.242 e. The van der Waals surface area contributed by atoms with Gasteiger partial charge in [-0.1, -0.05) is 0 Å². The molecular weight excluding hydrogens is 262 g/mol. The molecule has 1 fully saturated rings. The van der Waals surface area contributed by atoms with Crippen LogP contribution in [0.4, 0.5) is 11.4 Å². The van der Waals surface area contributed by atoms with Gasteiger partial charge in [-0.3, -0.25) is 0 Å². The highest BCUT2D eigenvalue weighted by molar-refractivity contribution is 7.89. The van der Waals surface area contributed by atoms with E-state index < -0.39 is 10.0 Å². The van der Waals surface area contributed by atoms with E-state index in [9.17, 15) is 8.42 Å². The van der Waals surface area contributed by atoms with E-state index >= 15 is 0 Å². The van der Waals surface area contributed by atoms with Gasteiger partial charge in [0.1, 0.15) is 4.90 Å². The Hall–Kier alpha value is -1.27. The van der Waals surface area contributed by atoms with Crippen LogP contribution in [0.1, 0.15) is 26.7 Å². The molecule has 19 heavy (non-hydrogen) atoms. The van der Waals surface area contributed by atoms with Crippen molar-refractivity contribution in [1.29, 1.82) is 0 Å². The standard InChI is InChI=1S/C13H21N3O2S/c1-13(2)7-4-8-16(13)11-6-5-10(14)9-12(11)19(17,18)15-3/h5-6,9,15H,4,7-8,14H2,1-3H3. The van der Waals surface area contributed by atoms with E-state index in [1.807, 2.05) is 0 Å². The van der Waals surface area contributed by atoms with Gasteiger partial charge in [0.15, 0.2) is 0 Å². The summed E-state index contributed by atoms with van der Waals surface area (Å²) in [6, 6.07) is 5.07. The number of nitrogens with two attached hydrogens (primary N) is 1. The van der Waals surface area contributed by atoms with Gasteiger partial charge >= 0.3 is 0 Å². The summed E-state index contributed by atoms with van der Waals surface area (Å²) < 4.78 is 26.7. The molecule has 3 N–H and O–H groups in total. The lowest BCUT2D eigenvalue weighted by atomic mass is 10.0. The van der Waals surface area contributed by atoms with Gasteiger partial charge in [-0.25, -0.2) is 13.1 Å². The molecule has 0 saturated carbocycles. The minimum atomic E-state index is -3.51. The maximum atomic E-state index is 12.1. The lowest BCUT2D eigenvalue weighted by Gasteiger charge is -2.35. The molecule has 0 bridgehead atoms. The normalized spacial score (nSPS) is 18.8. The molecule has 1 heterocycles. The van der Waals surface area contributed by atoms with E-state index in [1.165, 1.54) is 13.1 Å². The molecule has 0 amide bonds. The molecule has 1 aromatic rings. The zero-order valence-electron chi connectivity index (χ0n) is 11.6. The van der Waals surface area contributed by atoms with Crippen molar-refractivity contribution in [3.63, 3.8) is 0 Å². The molecule has 1 saturated heterocycles. The maximum absolute atomic E-state index is 12.1. The minimum Gasteiger partial charge on any atom is -0.399 e. The summed E-state index contributed by atoms with van der Waals surface area (Å²) in [5, 5.41) is 0. The van der Waals surface area contributed by atoms with Crippen LogP contribution in [-0.2, 0) is 10.0 Å². The van der Waals surface area contributed by atoms with Crippen LogP contribution < -0.4 is 15.4 Å². The van der Waals surface area contributed by atoms with Gasteiger partial charge in [-0.2, -0.15) is 0 Å². The first kappa shape index (κ1) is 14.1. The zero-order chi connectivity index (χ0) is 14.3. The van der Waals surface area contributed by atoms with Crippen molar-refractivity contribution >= 4 is 21.4 Å². The Bertz CT molecular complexity index is 582. The number of nitrogens with one attached hydrogen (secondary N) is 1. The lowest BCUT2D eigenvalue weighted by Crippen LogP contribution is -2.39. The third-order valence-corrected chi connectivity index (χ3v) is 5.18. The number of rotatable bonds is 3. The van der Waals surface area contributed by atoms with Crippen LogP contribution >= 0.6 is 0 Å². The summed E-state index contributed by atoms with van der Waals surface area (Å²) in [4.78, 5) is 2.40. The van der Waals surface area contributed by atoms with Crippen LogP contribution in [0, 0.1) is 0 Å². The fourth-order valence-corrected chi connectivity index (χ4v) is 3.60. The molecule has 6 heteroatoms. The van der Waals surface area contributed by atoms with Crippen LogP contribution in [0.25, 0.3) is 0 Å². The van der Waals surface area contributed by atoms with Gasteiger partial charge in [-0.15, -0.1) is 0 Å². The minimum absolute atomic E-state index is 0.0336. The fraction of sp³-hybridized carbons (Fsp3) is 0.538. The van der Waals surface area contributed by atoms with E-state index in [4.69, 9.17) is 5.73 Å². The van der Waals surface area contributed by atoms with Gasteiger partial charge < -0.3 is 10.6 Å². The van der Waals surface area contributed by atoms with E-state index in [-0.39, 0.29) is 10.4 Å². The number of hydrogen-bond acceptors (Lipinski definition) is 4. The number of anilines is 2. The van der Waals surface area contributed by atoms with Crippen LogP contribution in [0.5, 0.6) is 0 Å². The largest absolute Gasteiger partial charge is 0.399 e. The molecule has 1 aliphatic rings. The van der Waals surface area contributed by atoms with Crippen molar-refractivity contribution in [2.24, 2.45) is 0 Å². The Balaban J connectivity index is 2.58. The average molecular weight is 283 g/mol. The van der Waals surface area contributed by atoms with Crippen molar-refractivity contribution in [3.8, 4) is 0 Å².